The summed E-state index contributed by atoms with van der Waals surface area (Å²) in [5, 5.41) is 8.59. The first-order chi connectivity index (χ1) is 5.93. The van der Waals surface area contributed by atoms with Gasteiger partial charge in [-0.2, -0.15) is 0 Å². The molecule has 0 bridgehead atoms. The third-order valence-electron chi connectivity index (χ3n) is 1.86. The van der Waals surface area contributed by atoms with Crippen molar-refractivity contribution in [2.75, 3.05) is 0 Å². The lowest BCUT2D eigenvalue weighted by Gasteiger charge is -2.07. The molecule has 0 aliphatic heterocycles. The SMILES string of the molecule is C=C(C)CC(C)C/C=C(\C)C(=O)O. The highest BCUT2D eigenvalue weighted by Gasteiger charge is 2.03. The lowest BCUT2D eigenvalue weighted by atomic mass is 9.99. The van der Waals surface area contributed by atoms with E-state index in [1.165, 1.54) is 0 Å². The van der Waals surface area contributed by atoms with Crippen LogP contribution in [0, 0.1) is 5.92 Å². The average Bonchev–Trinajstić information content (AvgIpc) is 1.98. The molecular formula is C11H18O2. The van der Waals surface area contributed by atoms with E-state index in [0.717, 1.165) is 18.4 Å². The monoisotopic (exact) mass is 182 g/mol. The van der Waals surface area contributed by atoms with Gasteiger partial charge in [0.25, 0.3) is 0 Å². The molecule has 1 atom stereocenters. The van der Waals surface area contributed by atoms with Crippen LogP contribution in [0.1, 0.15) is 33.6 Å². The number of hydrogen-bond acceptors (Lipinski definition) is 1. The number of aliphatic carboxylic acids is 1. The van der Waals surface area contributed by atoms with E-state index in [2.05, 4.69) is 13.5 Å². The van der Waals surface area contributed by atoms with Crippen molar-refractivity contribution >= 4 is 5.97 Å². The summed E-state index contributed by atoms with van der Waals surface area (Å²) in [6, 6.07) is 0. The molecule has 0 spiro atoms. The summed E-state index contributed by atoms with van der Waals surface area (Å²) >= 11 is 0. The van der Waals surface area contributed by atoms with Crippen molar-refractivity contribution in [1.82, 2.24) is 0 Å². The summed E-state index contributed by atoms with van der Waals surface area (Å²) in [5.74, 6) is -0.352. The maximum atomic E-state index is 10.4. The molecule has 0 saturated heterocycles. The van der Waals surface area contributed by atoms with Gasteiger partial charge >= 0.3 is 5.97 Å². The number of hydrogen-bond donors (Lipinski definition) is 1. The standard InChI is InChI=1S/C11H18O2/c1-8(2)7-9(3)5-6-10(4)11(12)13/h6,9H,1,5,7H2,2-4H3,(H,12,13)/b10-6+. The molecule has 0 aliphatic rings. The van der Waals surface area contributed by atoms with Gasteiger partial charge in [-0.15, -0.1) is 6.58 Å². The summed E-state index contributed by atoms with van der Waals surface area (Å²) < 4.78 is 0. The van der Waals surface area contributed by atoms with Crippen molar-refractivity contribution < 1.29 is 9.90 Å². The van der Waals surface area contributed by atoms with Gasteiger partial charge in [-0.3, -0.25) is 0 Å². The number of carbonyl (C=O) groups is 1. The topological polar surface area (TPSA) is 37.3 Å². The van der Waals surface area contributed by atoms with Crippen molar-refractivity contribution in [3.8, 4) is 0 Å². The number of rotatable bonds is 5. The van der Waals surface area contributed by atoms with Crippen LogP contribution in [0.5, 0.6) is 0 Å². The van der Waals surface area contributed by atoms with Crippen LogP contribution >= 0.6 is 0 Å². The summed E-state index contributed by atoms with van der Waals surface area (Å²) in [5.41, 5.74) is 1.57. The van der Waals surface area contributed by atoms with E-state index in [-0.39, 0.29) is 0 Å². The van der Waals surface area contributed by atoms with Gasteiger partial charge in [-0.25, -0.2) is 4.79 Å². The lowest BCUT2D eigenvalue weighted by Crippen LogP contribution is -1.98. The Morgan fingerprint density at radius 3 is 2.46 bits per heavy atom. The van der Waals surface area contributed by atoms with Gasteiger partial charge < -0.3 is 5.11 Å². The van der Waals surface area contributed by atoms with Gasteiger partial charge in [-0.1, -0.05) is 18.6 Å². The van der Waals surface area contributed by atoms with E-state index in [4.69, 9.17) is 5.11 Å². The Labute approximate surface area is 80.0 Å². The molecule has 0 heterocycles. The predicted octanol–water partition coefficient (Wildman–Crippen LogP) is 3.01. The second-order valence-corrected chi connectivity index (χ2v) is 3.69. The Bertz CT molecular complexity index is 226. The molecule has 2 nitrogen and oxygen atoms in total. The van der Waals surface area contributed by atoms with E-state index in [1.54, 1.807) is 13.0 Å². The molecular weight excluding hydrogens is 164 g/mol. The van der Waals surface area contributed by atoms with Crippen LogP contribution < -0.4 is 0 Å². The quantitative estimate of drug-likeness (QED) is 0.524. The molecule has 0 aliphatic carbocycles. The molecule has 0 aromatic rings. The van der Waals surface area contributed by atoms with Gasteiger partial charge in [0, 0.05) is 5.57 Å². The first-order valence-corrected chi connectivity index (χ1v) is 4.48. The van der Waals surface area contributed by atoms with Crippen molar-refractivity contribution in [3.05, 3.63) is 23.8 Å². The Hall–Kier alpha value is -1.05. The Balaban J connectivity index is 3.94. The second kappa shape index (κ2) is 5.57. The first kappa shape index (κ1) is 11.9. The highest BCUT2D eigenvalue weighted by molar-refractivity contribution is 5.85. The summed E-state index contributed by atoms with van der Waals surface area (Å²) in [7, 11) is 0. The summed E-state index contributed by atoms with van der Waals surface area (Å²) in [4.78, 5) is 10.4. The molecule has 0 fully saturated rings. The van der Waals surface area contributed by atoms with Crippen molar-refractivity contribution in [2.45, 2.75) is 33.6 Å². The molecule has 0 aromatic carbocycles. The molecule has 0 rings (SSSR count). The second-order valence-electron chi connectivity index (χ2n) is 3.69. The van der Waals surface area contributed by atoms with Gasteiger partial charge in [0.1, 0.15) is 0 Å². The van der Waals surface area contributed by atoms with E-state index in [9.17, 15) is 4.79 Å². The van der Waals surface area contributed by atoms with E-state index in [1.807, 2.05) is 6.92 Å². The molecule has 1 unspecified atom stereocenters. The highest BCUT2D eigenvalue weighted by atomic mass is 16.4. The van der Waals surface area contributed by atoms with Gasteiger partial charge in [0.15, 0.2) is 0 Å². The molecule has 74 valence electrons. The zero-order valence-corrected chi connectivity index (χ0v) is 8.63. The smallest absolute Gasteiger partial charge is 0.330 e. The van der Waals surface area contributed by atoms with Crippen LogP contribution in [-0.2, 0) is 4.79 Å². The molecule has 2 heteroatoms. The third kappa shape index (κ3) is 6.14. The van der Waals surface area contributed by atoms with Crippen LogP contribution in [0.25, 0.3) is 0 Å². The van der Waals surface area contributed by atoms with Crippen LogP contribution in [0.3, 0.4) is 0 Å². The van der Waals surface area contributed by atoms with Crippen LogP contribution in [0.2, 0.25) is 0 Å². The highest BCUT2D eigenvalue weighted by Crippen LogP contribution is 2.14. The minimum Gasteiger partial charge on any atom is -0.478 e. The maximum absolute atomic E-state index is 10.4. The van der Waals surface area contributed by atoms with Gasteiger partial charge in [0.2, 0.25) is 0 Å². The van der Waals surface area contributed by atoms with Crippen LogP contribution in [0.15, 0.2) is 23.8 Å². The fourth-order valence-electron chi connectivity index (χ4n) is 1.14. The van der Waals surface area contributed by atoms with Gasteiger partial charge in [-0.05, 0) is 32.6 Å². The molecule has 13 heavy (non-hydrogen) atoms. The Morgan fingerprint density at radius 2 is 2.08 bits per heavy atom. The number of carboxylic acid groups (broad SMARTS) is 1. The van der Waals surface area contributed by atoms with Crippen molar-refractivity contribution in [2.24, 2.45) is 5.92 Å². The Kier molecular flexibility index (Phi) is 5.12. The van der Waals surface area contributed by atoms with Crippen LogP contribution in [-0.4, -0.2) is 11.1 Å². The van der Waals surface area contributed by atoms with Gasteiger partial charge in [0.05, 0.1) is 0 Å². The van der Waals surface area contributed by atoms with E-state index in [0.29, 0.717) is 11.5 Å². The lowest BCUT2D eigenvalue weighted by molar-refractivity contribution is -0.132. The molecule has 0 amide bonds. The maximum Gasteiger partial charge on any atom is 0.330 e. The summed E-state index contributed by atoms with van der Waals surface area (Å²) in [6.45, 7) is 9.53. The van der Waals surface area contributed by atoms with E-state index >= 15 is 0 Å². The third-order valence-corrected chi connectivity index (χ3v) is 1.86. The molecule has 0 radical (unpaired) electrons. The number of allylic oxidation sites excluding steroid dienone is 2. The van der Waals surface area contributed by atoms with Crippen LogP contribution in [0.4, 0.5) is 0 Å². The average molecular weight is 182 g/mol. The number of carboxylic acids is 1. The van der Waals surface area contributed by atoms with Crippen molar-refractivity contribution in [1.29, 1.82) is 0 Å². The zero-order valence-electron chi connectivity index (χ0n) is 8.63. The fourth-order valence-corrected chi connectivity index (χ4v) is 1.14. The molecule has 0 aromatic heterocycles. The van der Waals surface area contributed by atoms with E-state index < -0.39 is 5.97 Å². The predicted molar refractivity (Wildman–Crippen MR) is 54.6 cm³/mol. The largest absolute Gasteiger partial charge is 0.478 e. The van der Waals surface area contributed by atoms with Crippen molar-refractivity contribution in [3.63, 3.8) is 0 Å². The summed E-state index contributed by atoms with van der Waals surface area (Å²) in [6.07, 6.45) is 3.55. The normalized spacial score (nSPS) is 13.9. The first-order valence-electron chi connectivity index (χ1n) is 4.48. The minimum absolute atomic E-state index is 0.425. The molecule has 1 N–H and O–H groups in total. The fraction of sp³-hybridized carbons (Fsp3) is 0.545. The molecule has 0 saturated carbocycles. The minimum atomic E-state index is -0.831. The zero-order chi connectivity index (χ0) is 10.4. The Morgan fingerprint density at radius 1 is 1.54 bits per heavy atom.